The molecule has 5 nitrogen and oxygen atoms in total. The van der Waals surface area contributed by atoms with E-state index in [0.29, 0.717) is 16.8 Å². The predicted octanol–water partition coefficient (Wildman–Crippen LogP) is 2.77. The van der Waals surface area contributed by atoms with Gasteiger partial charge < -0.3 is 5.32 Å². The van der Waals surface area contributed by atoms with Crippen molar-refractivity contribution in [2.45, 2.75) is 25.7 Å². The molecular weight excluding hydrogens is 312 g/mol. The molecule has 0 spiro atoms. The number of benzene rings is 2. The van der Waals surface area contributed by atoms with E-state index in [0.717, 1.165) is 11.1 Å². The van der Waals surface area contributed by atoms with Crippen LogP contribution in [0.3, 0.4) is 0 Å². The van der Waals surface area contributed by atoms with Gasteiger partial charge in [0.15, 0.2) is 0 Å². The third kappa shape index (κ3) is 3.60. The minimum absolute atomic E-state index is 0.120. The maximum atomic E-state index is 12.5. The van der Waals surface area contributed by atoms with Crippen LogP contribution >= 0.6 is 0 Å². The lowest BCUT2D eigenvalue weighted by Gasteiger charge is -2.13. The molecule has 2 aromatic rings. The lowest BCUT2D eigenvalue weighted by atomic mass is 10.1. The third-order valence-electron chi connectivity index (χ3n) is 3.83. The monoisotopic (exact) mass is 332 g/mol. The fourth-order valence-corrected chi connectivity index (χ4v) is 3.32. The van der Waals surface area contributed by atoms with Gasteiger partial charge in [0.25, 0.3) is 5.91 Å². The minimum Gasteiger partial charge on any atom is -0.322 e. The Balaban J connectivity index is 2.44. The summed E-state index contributed by atoms with van der Waals surface area (Å²) in [6.07, 6.45) is 0. The normalized spacial score (nSPS) is 11.3. The van der Waals surface area contributed by atoms with Crippen molar-refractivity contribution in [2.24, 2.45) is 0 Å². The third-order valence-corrected chi connectivity index (χ3v) is 5.37. The first-order chi connectivity index (χ1) is 10.8. The Labute approximate surface area is 136 Å². The van der Waals surface area contributed by atoms with Crippen LogP contribution < -0.4 is 10.0 Å². The number of hydrogen-bond acceptors (Lipinski definition) is 3. The van der Waals surface area contributed by atoms with Gasteiger partial charge >= 0.3 is 0 Å². The number of aryl methyl sites for hydroxylation is 2. The van der Waals surface area contributed by atoms with E-state index in [1.807, 2.05) is 25.1 Å². The second-order valence-electron chi connectivity index (χ2n) is 5.39. The number of sulfonamides is 1. The van der Waals surface area contributed by atoms with Gasteiger partial charge in [-0.3, -0.25) is 4.79 Å². The van der Waals surface area contributed by atoms with Crippen LogP contribution in [0.2, 0.25) is 0 Å². The number of carbonyl (C=O) groups is 1. The number of hydrogen-bond donors (Lipinski definition) is 2. The fraction of sp³-hybridized carbons (Fsp3) is 0.235. The smallest absolute Gasteiger partial charge is 0.255 e. The van der Waals surface area contributed by atoms with E-state index >= 15 is 0 Å². The maximum Gasteiger partial charge on any atom is 0.255 e. The standard InChI is InChI=1S/C17H20N2O3S/c1-11-7-5-6-8-15(11)19-17(20)14-9-12(2)13(3)16(10-14)23(21,22)18-4/h5-10,18H,1-4H3,(H,19,20). The highest BCUT2D eigenvalue weighted by Crippen LogP contribution is 2.22. The molecule has 0 aliphatic heterocycles. The molecule has 1 amide bonds. The van der Waals surface area contributed by atoms with Crippen LogP contribution in [-0.2, 0) is 10.0 Å². The number of nitrogens with one attached hydrogen (secondary N) is 2. The average Bonchev–Trinajstić information content (AvgIpc) is 2.51. The molecule has 0 saturated carbocycles. The zero-order valence-corrected chi connectivity index (χ0v) is 14.4. The van der Waals surface area contributed by atoms with Crippen LogP contribution in [0.15, 0.2) is 41.3 Å². The molecule has 0 unspecified atom stereocenters. The second-order valence-corrected chi connectivity index (χ2v) is 7.25. The lowest BCUT2D eigenvalue weighted by molar-refractivity contribution is 0.102. The van der Waals surface area contributed by atoms with E-state index in [4.69, 9.17) is 0 Å². The number of carbonyl (C=O) groups excluding carboxylic acids is 1. The Morgan fingerprint density at radius 1 is 1.00 bits per heavy atom. The highest BCUT2D eigenvalue weighted by atomic mass is 32.2. The highest BCUT2D eigenvalue weighted by Gasteiger charge is 2.19. The molecule has 122 valence electrons. The molecule has 0 aliphatic rings. The molecule has 0 atom stereocenters. The van der Waals surface area contributed by atoms with Crippen molar-refractivity contribution in [1.82, 2.24) is 4.72 Å². The van der Waals surface area contributed by atoms with Crippen molar-refractivity contribution in [1.29, 1.82) is 0 Å². The molecule has 0 saturated heterocycles. The van der Waals surface area contributed by atoms with Crippen molar-refractivity contribution < 1.29 is 13.2 Å². The highest BCUT2D eigenvalue weighted by molar-refractivity contribution is 7.89. The molecule has 0 aliphatic carbocycles. The number of rotatable bonds is 4. The van der Waals surface area contributed by atoms with Crippen LogP contribution in [0.5, 0.6) is 0 Å². The van der Waals surface area contributed by atoms with Gasteiger partial charge in [0, 0.05) is 11.3 Å². The number of anilines is 1. The zero-order valence-electron chi connectivity index (χ0n) is 13.6. The quantitative estimate of drug-likeness (QED) is 0.904. The maximum absolute atomic E-state index is 12.5. The van der Waals surface area contributed by atoms with Crippen LogP contribution in [0.25, 0.3) is 0 Å². The molecule has 0 heterocycles. The topological polar surface area (TPSA) is 75.3 Å². The molecule has 0 fully saturated rings. The Morgan fingerprint density at radius 3 is 2.26 bits per heavy atom. The predicted molar refractivity (Wildman–Crippen MR) is 91.3 cm³/mol. The first-order valence-corrected chi connectivity index (χ1v) is 8.66. The fourth-order valence-electron chi connectivity index (χ4n) is 2.25. The SMILES string of the molecule is CNS(=O)(=O)c1cc(C(=O)Nc2ccccc2C)cc(C)c1C. The molecule has 0 radical (unpaired) electrons. The number of amides is 1. The van der Waals surface area contributed by atoms with Gasteiger partial charge in [-0.2, -0.15) is 0 Å². The van der Waals surface area contributed by atoms with Gasteiger partial charge in [-0.25, -0.2) is 13.1 Å². The Kier molecular flexibility index (Phi) is 4.87. The van der Waals surface area contributed by atoms with E-state index in [9.17, 15) is 13.2 Å². The van der Waals surface area contributed by atoms with Crippen LogP contribution in [-0.4, -0.2) is 21.4 Å². The van der Waals surface area contributed by atoms with E-state index in [1.165, 1.54) is 13.1 Å². The summed E-state index contributed by atoms with van der Waals surface area (Å²) in [4.78, 5) is 12.6. The van der Waals surface area contributed by atoms with Crippen molar-refractivity contribution in [3.63, 3.8) is 0 Å². The first kappa shape index (κ1) is 17.2. The van der Waals surface area contributed by atoms with E-state index in [-0.39, 0.29) is 10.8 Å². The first-order valence-electron chi connectivity index (χ1n) is 7.18. The molecule has 23 heavy (non-hydrogen) atoms. The minimum atomic E-state index is -3.62. The summed E-state index contributed by atoms with van der Waals surface area (Å²) in [5, 5.41) is 2.82. The van der Waals surface area contributed by atoms with Gasteiger partial charge in [0.1, 0.15) is 0 Å². The Morgan fingerprint density at radius 2 is 1.65 bits per heavy atom. The molecule has 2 aromatic carbocycles. The van der Waals surface area contributed by atoms with Crippen molar-refractivity contribution in [3.05, 3.63) is 58.7 Å². The molecule has 2 rings (SSSR count). The molecule has 6 heteroatoms. The zero-order chi connectivity index (χ0) is 17.2. The molecule has 0 aromatic heterocycles. The van der Waals surface area contributed by atoms with Gasteiger partial charge in [0.2, 0.25) is 10.0 Å². The summed E-state index contributed by atoms with van der Waals surface area (Å²) in [6, 6.07) is 10.5. The van der Waals surface area contributed by atoms with E-state index in [2.05, 4.69) is 10.0 Å². The van der Waals surface area contributed by atoms with Crippen molar-refractivity contribution in [3.8, 4) is 0 Å². The van der Waals surface area contributed by atoms with E-state index in [1.54, 1.807) is 26.0 Å². The van der Waals surface area contributed by atoms with Gasteiger partial charge in [-0.1, -0.05) is 18.2 Å². The van der Waals surface area contributed by atoms with Gasteiger partial charge in [-0.05, 0) is 62.7 Å². The summed E-state index contributed by atoms with van der Waals surface area (Å²) in [5.41, 5.74) is 3.33. The molecular formula is C17H20N2O3S. The molecule has 0 bridgehead atoms. The van der Waals surface area contributed by atoms with Crippen LogP contribution in [0.1, 0.15) is 27.0 Å². The summed E-state index contributed by atoms with van der Waals surface area (Å²) in [6.45, 7) is 5.41. The van der Waals surface area contributed by atoms with E-state index < -0.39 is 10.0 Å². The van der Waals surface area contributed by atoms with Gasteiger partial charge in [-0.15, -0.1) is 0 Å². The largest absolute Gasteiger partial charge is 0.322 e. The van der Waals surface area contributed by atoms with Crippen LogP contribution in [0.4, 0.5) is 5.69 Å². The number of para-hydroxylation sites is 1. The van der Waals surface area contributed by atoms with Crippen LogP contribution in [0, 0.1) is 20.8 Å². The summed E-state index contributed by atoms with van der Waals surface area (Å²) in [5.74, 6) is -0.338. The summed E-state index contributed by atoms with van der Waals surface area (Å²) in [7, 11) is -2.27. The lowest BCUT2D eigenvalue weighted by Crippen LogP contribution is -2.21. The Hall–Kier alpha value is -2.18. The average molecular weight is 332 g/mol. The Bertz CT molecular complexity index is 858. The summed E-state index contributed by atoms with van der Waals surface area (Å²) >= 11 is 0. The van der Waals surface area contributed by atoms with Crippen molar-refractivity contribution in [2.75, 3.05) is 12.4 Å². The van der Waals surface area contributed by atoms with Gasteiger partial charge in [0.05, 0.1) is 4.90 Å². The van der Waals surface area contributed by atoms with Crippen molar-refractivity contribution >= 4 is 21.6 Å². The summed E-state index contributed by atoms with van der Waals surface area (Å²) < 4.78 is 26.5. The molecule has 2 N–H and O–H groups in total. The second kappa shape index (κ2) is 6.52.